The quantitative estimate of drug-likeness (QED) is 0.756. The summed E-state index contributed by atoms with van der Waals surface area (Å²) in [6, 6.07) is 0. The zero-order valence-electron chi connectivity index (χ0n) is 9.75. The zero-order valence-corrected chi connectivity index (χ0v) is 9.75. The highest BCUT2D eigenvalue weighted by Crippen LogP contribution is 2.31. The third kappa shape index (κ3) is 3.25. The fourth-order valence-corrected chi connectivity index (χ4v) is 2.18. The lowest BCUT2D eigenvalue weighted by Gasteiger charge is -2.34. The van der Waals surface area contributed by atoms with Crippen molar-refractivity contribution in [3.63, 3.8) is 0 Å². The van der Waals surface area contributed by atoms with Crippen LogP contribution in [0.25, 0.3) is 0 Å². The highest BCUT2D eigenvalue weighted by atomic mass is 16.5. The van der Waals surface area contributed by atoms with Crippen molar-refractivity contribution < 1.29 is 9.84 Å². The molecule has 1 saturated heterocycles. The molecule has 1 N–H and O–H groups in total. The SMILES string of the molecule is CCC(C)C(C)(O)CC1CCOCC1. The lowest BCUT2D eigenvalue weighted by atomic mass is 9.79. The standard InChI is InChI=1S/C12H24O2/c1-4-10(2)12(3,13)9-11-5-7-14-8-6-11/h10-11,13H,4-9H2,1-3H3. The summed E-state index contributed by atoms with van der Waals surface area (Å²) in [5, 5.41) is 10.3. The maximum Gasteiger partial charge on any atom is 0.0647 e. The minimum absolute atomic E-state index is 0.394. The Hall–Kier alpha value is -0.0800. The van der Waals surface area contributed by atoms with E-state index < -0.39 is 5.60 Å². The van der Waals surface area contributed by atoms with Gasteiger partial charge in [0.1, 0.15) is 0 Å². The number of hydrogen-bond donors (Lipinski definition) is 1. The lowest BCUT2D eigenvalue weighted by molar-refractivity contribution is -0.0355. The van der Waals surface area contributed by atoms with Crippen molar-refractivity contribution in [2.75, 3.05) is 13.2 Å². The maximum absolute atomic E-state index is 10.3. The third-order valence-electron chi connectivity index (χ3n) is 3.72. The van der Waals surface area contributed by atoms with E-state index in [0.29, 0.717) is 11.8 Å². The molecule has 0 aromatic carbocycles. The summed E-state index contributed by atoms with van der Waals surface area (Å²) in [7, 11) is 0. The van der Waals surface area contributed by atoms with E-state index in [1.165, 1.54) is 0 Å². The second-order valence-corrected chi connectivity index (χ2v) is 4.93. The van der Waals surface area contributed by atoms with Crippen LogP contribution in [-0.2, 0) is 4.74 Å². The Kier molecular flexibility index (Phi) is 4.39. The second-order valence-electron chi connectivity index (χ2n) is 4.93. The molecule has 84 valence electrons. The van der Waals surface area contributed by atoms with Crippen LogP contribution in [0.15, 0.2) is 0 Å². The van der Waals surface area contributed by atoms with Crippen LogP contribution in [0.2, 0.25) is 0 Å². The van der Waals surface area contributed by atoms with Gasteiger partial charge < -0.3 is 9.84 Å². The summed E-state index contributed by atoms with van der Waals surface area (Å²) in [4.78, 5) is 0. The fourth-order valence-electron chi connectivity index (χ4n) is 2.18. The molecule has 1 rings (SSSR count). The Morgan fingerprint density at radius 3 is 2.50 bits per heavy atom. The normalized spacial score (nSPS) is 25.7. The Balaban J connectivity index is 2.40. The molecule has 1 fully saturated rings. The molecule has 2 unspecified atom stereocenters. The van der Waals surface area contributed by atoms with Gasteiger partial charge in [0.15, 0.2) is 0 Å². The van der Waals surface area contributed by atoms with E-state index in [9.17, 15) is 5.11 Å². The van der Waals surface area contributed by atoms with Crippen molar-refractivity contribution in [1.82, 2.24) is 0 Å². The summed E-state index contributed by atoms with van der Waals surface area (Å²) in [6.07, 6.45) is 4.22. The van der Waals surface area contributed by atoms with Crippen molar-refractivity contribution >= 4 is 0 Å². The molecule has 1 aliphatic heterocycles. The van der Waals surface area contributed by atoms with E-state index in [0.717, 1.165) is 38.9 Å². The smallest absolute Gasteiger partial charge is 0.0647 e. The number of hydrogen-bond acceptors (Lipinski definition) is 2. The van der Waals surface area contributed by atoms with Gasteiger partial charge in [-0.3, -0.25) is 0 Å². The molecule has 0 aliphatic carbocycles. The van der Waals surface area contributed by atoms with Gasteiger partial charge in [0.25, 0.3) is 0 Å². The van der Waals surface area contributed by atoms with Gasteiger partial charge >= 0.3 is 0 Å². The van der Waals surface area contributed by atoms with E-state index in [1.54, 1.807) is 0 Å². The van der Waals surface area contributed by atoms with Gasteiger partial charge in [0.05, 0.1) is 5.60 Å². The van der Waals surface area contributed by atoms with E-state index >= 15 is 0 Å². The van der Waals surface area contributed by atoms with Crippen LogP contribution >= 0.6 is 0 Å². The van der Waals surface area contributed by atoms with E-state index in [2.05, 4.69) is 13.8 Å². The molecular weight excluding hydrogens is 176 g/mol. The van der Waals surface area contributed by atoms with Gasteiger partial charge in [-0.15, -0.1) is 0 Å². The molecule has 14 heavy (non-hydrogen) atoms. The summed E-state index contributed by atoms with van der Waals surface area (Å²) in [5.41, 5.74) is -0.489. The lowest BCUT2D eigenvalue weighted by Crippen LogP contribution is -2.36. The number of aliphatic hydroxyl groups is 1. The van der Waals surface area contributed by atoms with Gasteiger partial charge in [0, 0.05) is 13.2 Å². The minimum atomic E-state index is -0.489. The number of ether oxygens (including phenoxy) is 1. The van der Waals surface area contributed by atoms with E-state index in [1.807, 2.05) is 6.92 Å². The maximum atomic E-state index is 10.3. The minimum Gasteiger partial charge on any atom is -0.390 e. The van der Waals surface area contributed by atoms with Crippen LogP contribution in [0.1, 0.15) is 46.5 Å². The van der Waals surface area contributed by atoms with Crippen LogP contribution in [-0.4, -0.2) is 23.9 Å². The van der Waals surface area contributed by atoms with Gasteiger partial charge in [0.2, 0.25) is 0 Å². The molecule has 0 aromatic heterocycles. The van der Waals surface area contributed by atoms with Gasteiger partial charge in [-0.05, 0) is 38.0 Å². The third-order valence-corrected chi connectivity index (χ3v) is 3.72. The van der Waals surface area contributed by atoms with Gasteiger partial charge in [-0.25, -0.2) is 0 Å². The zero-order chi connectivity index (χ0) is 10.6. The molecule has 2 nitrogen and oxygen atoms in total. The molecule has 0 bridgehead atoms. The monoisotopic (exact) mass is 200 g/mol. The first-order valence-electron chi connectivity index (χ1n) is 5.86. The molecule has 1 aliphatic rings. The average Bonchev–Trinajstić information content (AvgIpc) is 2.17. The second kappa shape index (κ2) is 5.13. The molecule has 0 spiro atoms. The van der Waals surface area contributed by atoms with Crippen molar-refractivity contribution in [2.45, 2.75) is 52.1 Å². The fraction of sp³-hybridized carbons (Fsp3) is 1.00. The molecule has 0 radical (unpaired) electrons. The molecule has 0 aromatic rings. The van der Waals surface area contributed by atoms with Crippen LogP contribution in [0.3, 0.4) is 0 Å². The van der Waals surface area contributed by atoms with Crippen molar-refractivity contribution in [1.29, 1.82) is 0 Å². The van der Waals surface area contributed by atoms with E-state index in [4.69, 9.17) is 4.74 Å². The Morgan fingerprint density at radius 1 is 1.43 bits per heavy atom. The van der Waals surface area contributed by atoms with Crippen LogP contribution in [0, 0.1) is 11.8 Å². The molecule has 1 heterocycles. The summed E-state index contributed by atoms with van der Waals surface area (Å²) >= 11 is 0. The molecule has 2 heteroatoms. The van der Waals surface area contributed by atoms with Crippen molar-refractivity contribution in [3.8, 4) is 0 Å². The highest BCUT2D eigenvalue weighted by molar-refractivity contribution is 4.82. The Bertz CT molecular complexity index is 160. The molecular formula is C12H24O2. The summed E-state index contributed by atoms with van der Waals surface area (Å²) in [6.45, 7) is 8.02. The predicted molar refractivity (Wildman–Crippen MR) is 58.2 cm³/mol. The highest BCUT2D eigenvalue weighted by Gasteiger charge is 2.30. The van der Waals surface area contributed by atoms with Crippen molar-refractivity contribution in [2.24, 2.45) is 11.8 Å². The van der Waals surface area contributed by atoms with Crippen molar-refractivity contribution in [3.05, 3.63) is 0 Å². The topological polar surface area (TPSA) is 29.5 Å². The summed E-state index contributed by atoms with van der Waals surface area (Å²) in [5.74, 6) is 1.05. The van der Waals surface area contributed by atoms with E-state index in [-0.39, 0.29) is 0 Å². The first kappa shape index (κ1) is 12.0. The molecule has 0 amide bonds. The van der Waals surface area contributed by atoms with Crippen LogP contribution in [0.5, 0.6) is 0 Å². The average molecular weight is 200 g/mol. The molecule has 0 saturated carbocycles. The largest absolute Gasteiger partial charge is 0.390 e. The number of rotatable bonds is 4. The first-order chi connectivity index (χ1) is 6.56. The van der Waals surface area contributed by atoms with Crippen LogP contribution in [0.4, 0.5) is 0 Å². The molecule has 2 atom stereocenters. The summed E-state index contributed by atoms with van der Waals surface area (Å²) < 4.78 is 5.32. The van der Waals surface area contributed by atoms with Crippen LogP contribution < -0.4 is 0 Å². The van der Waals surface area contributed by atoms with Gasteiger partial charge in [-0.1, -0.05) is 20.3 Å². The van der Waals surface area contributed by atoms with Gasteiger partial charge in [-0.2, -0.15) is 0 Å². The predicted octanol–water partition coefficient (Wildman–Crippen LogP) is 2.60. The first-order valence-corrected chi connectivity index (χ1v) is 5.86. The Labute approximate surface area is 87.7 Å². The Morgan fingerprint density at radius 2 is 2.00 bits per heavy atom.